The molecule has 1 heterocycles. The molecule has 1 aliphatic rings. The van der Waals surface area contributed by atoms with Crippen molar-refractivity contribution in [1.82, 2.24) is 0 Å². The number of rotatable bonds is 3. The number of para-hydroxylation sites is 2. The van der Waals surface area contributed by atoms with E-state index < -0.39 is 22.7 Å². The minimum atomic E-state index is -1.09. The Morgan fingerprint density at radius 2 is 1.78 bits per heavy atom. The van der Waals surface area contributed by atoms with Crippen LogP contribution in [0.4, 0.5) is 5.69 Å². The predicted molar refractivity (Wildman–Crippen MR) is 81.8 cm³/mol. The lowest BCUT2D eigenvalue weighted by Gasteiger charge is -2.29. The van der Waals surface area contributed by atoms with Crippen molar-refractivity contribution >= 4 is 17.3 Å². The van der Waals surface area contributed by atoms with Gasteiger partial charge in [0.1, 0.15) is 17.8 Å². The molecule has 0 amide bonds. The zero-order valence-corrected chi connectivity index (χ0v) is 12.3. The van der Waals surface area contributed by atoms with Crippen molar-refractivity contribution in [3.05, 3.63) is 69.8 Å². The molecule has 6 heteroatoms. The van der Waals surface area contributed by atoms with E-state index in [1.54, 1.807) is 31.2 Å². The molecule has 0 saturated carbocycles. The summed E-state index contributed by atoms with van der Waals surface area (Å²) in [5.41, 5.74) is -0.0652. The predicted octanol–water partition coefficient (Wildman–Crippen LogP) is 3.06. The molecule has 0 bridgehead atoms. The van der Waals surface area contributed by atoms with Gasteiger partial charge in [-0.05, 0) is 25.1 Å². The van der Waals surface area contributed by atoms with E-state index in [1.807, 2.05) is 0 Å². The molecule has 0 fully saturated rings. The fraction of sp³-hybridized carbons (Fsp3) is 0.176. The fourth-order valence-corrected chi connectivity index (χ4v) is 2.76. The van der Waals surface area contributed by atoms with Crippen LogP contribution in [0.1, 0.15) is 27.6 Å². The smallest absolute Gasteiger partial charge is 0.280 e. The van der Waals surface area contributed by atoms with Crippen LogP contribution in [0.15, 0.2) is 48.5 Å². The Kier molecular flexibility index (Phi) is 3.65. The average Bonchev–Trinajstić information content (AvgIpc) is 2.54. The van der Waals surface area contributed by atoms with Crippen molar-refractivity contribution in [2.75, 3.05) is 0 Å². The summed E-state index contributed by atoms with van der Waals surface area (Å²) >= 11 is 0. The molecule has 2 aromatic carbocycles. The SMILES string of the molecule is C[C@H]1Oc2ccccc2C(=O)[C@@H]1C(=O)c1ccccc1[N+](=O)[O-]. The molecule has 1 aliphatic heterocycles. The summed E-state index contributed by atoms with van der Waals surface area (Å²) in [6.45, 7) is 1.62. The van der Waals surface area contributed by atoms with Gasteiger partial charge >= 0.3 is 0 Å². The van der Waals surface area contributed by atoms with Gasteiger partial charge in [0.25, 0.3) is 5.69 Å². The van der Waals surface area contributed by atoms with Crippen molar-refractivity contribution in [1.29, 1.82) is 0 Å². The van der Waals surface area contributed by atoms with Gasteiger partial charge in [-0.25, -0.2) is 0 Å². The highest BCUT2D eigenvalue weighted by Crippen LogP contribution is 2.33. The second-order valence-corrected chi connectivity index (χ2v) is 5.30. The Bertz CT molecular complexity index is 814. The van der Waals surface area contributed by atoms with Crippen LogP contribution in [-0.2, 0) is 0 Å². The third-order valence-corrected chi connectivity index (χ3v) is 3.87. The summed E-state index contributed by atoms with van der Waals surface area (Å²) in [4.78, 5) is 35.9. The zero-order valence-electron chi connectivity index (χ0n) is 12.3. The van der Waals surface area contributed by atoms with E-state index in [2.05, 4.69) is 0 Å². The average molecular weight is 311 g/mol. The Morgan fingerprint density at radius 3 is 2.52 bits per heavy atom. The van der Waals surface area contributed by atoms with E-state index >= 15 is 0 Å². The summed E-state index contributed by atoms with van der Waals surface area (Å²) < 4.78 is 5.65. The van der Waals surface area contributed by atoms with E-state index in [9.17, 15) is 19.7 Å². The molecule has 2 aromatic rings. The third kappa shape index (κ3) is 2.48. The van der Waals surface area contributed by atoms with Gasteiger partial charge in [-0.15, -0.1) is 0 Å². The number of ketones is 2. The zero-order chi connectivity index (χ0) is 16.6. The summed E-state index contributed by atoms with van der Waals surface area (Å²) in [6, 6.07) is 12.3. The number of nitro groups is 1. The highest BCUT2D eigenvalue weighted by Gasteiger charge is 2.41. The topological polar surface area (TPSA) is 86.5 Å². The minimum Gasteiger partial charge on any atom is -0.489 e. The van der Waals surface area contributed by atoms with Crippen LogP contribution in [0.5, 0.6) is 5.75 Å². The van der Waals surface area contributed by atoms with E-state index in [0.29, 0.717) is 11.3 Å². The van der Waals surface area contributed by atoms with Gasteiger partial charge in [0.05, 0.1) is 16.1 Å². The lowest BCUT2D eigenvalue weighted by atomic mass is 9.83. The summed E-state index contributed by atoms with van der Waals surface area (Å²) in [5.74, 6) is -1.63. The maximum Gasteiger partial charge on any atom is 0.280 e. The molecular weight excluding hydrogens is 298 g/mol. The van der Waals surface area contributed by atoms with Gasteiger partial charge in [0.2, 0.25) is 0 Å². The number of fused-ring (bicyclic) bond motifs is 1. The fourth-order valence-electron chi connectivity index (χ4n) is 2.76. The normalized spacial score (nSPS) is 19.6. The van der Waals surface area contributed by atoms with Crippen LogP contribution in [0, 0.1) is 16.0 Å². The van der Waals surface area contributed by atoms with Crippen LogP contribution < -0.4 is 4.74 Å². The largest absolute Gasteiger partial charge is 0.489 e. The van der Waals surface area contributed by atoms with Gasteiger partial charge in [0.15, 0.2) is 11.6 Å². The van der Waals surface area contributed by atoms with Crippen LogP contribution >= 0.6 is 0 Å². The monoisotopic (exact) mass is 311 g/mol. The number of nitro benzene ring substituents is 1. The number of nitrogens with zero attached hydrogens (tertiary/aromatic N) is 1. The highest BCUT2D eigenvalue weighted by molar-refractivity contribution is 6.19. The number of hydrogen-bond acceptors (Lipinski definition) is 5. The van der Waals surface area contributed by atoms with Gasteiger partial charge in [-0.2, -0.15) is 0 Å². The van der Waals surface area contributed by atoms with E-state index in [0.717, 1.165) is 0 Å². The van der Waals surface area contributed by atoms with Crippen LogP contribution in [0.3, 0.4) is 0 Å². The standard InChI is InChI=1S/C17H13NO5/c1-10-15(17(20)12-7-3-5-9-14(12)23-10)16(19)11-6-2-4-8-13(11)18(21)22/h2-10,15H,1H3/t10-,15+/m1/s1. The van der Waals surface area contributed by atoms with Gasteiger partial charge in [-0.3, -0.25) is 19.7 Å². The maximum absolute atomic E-state index is 12.8. The summed E-state index contributed by atoms with van der Waals surface area (Å²) in [5, 5.41) is 11.1. The highest BCUT2D eigenvalue weighted by atomic mass is 16.6. The number of ether oxygens (including phenoxy) is 1. The van der Waals surface area contributed by atoms with Crippen LogP contribution in [-0.4, -0.2) is 22.6 Å². The molecule has 3 rings (SSSR count). The first-order valence-electron chi connectivity index (χ1n) is 7.08. The first-order valence-corrected chi connectivity index (χ1v) is 7.08. The van der Waals surface area contributed by atoms with E-state index in [-0.39, 0.29) is 17.0 Å². The number of carbonyl (C=O) groups is 2. The molecule has 23 heavy (non-hydrogen) atoms. The summed E-state index contributed by atoms with van der Waals surface area (Å²) in [6.07, 6.45) is -0.690. The van der Waals surface area contributed by atoms with Crippen molar-refractivity contribution in [3.63, 3.8) is 0 Å². The Hall–Kier alpha value is -3.02. The van der Waals surface area contributed by atoms with Gasteiger partial charge < -0.3 is 4.74 Å². The minimum absolute atomic E-state index is 0.0781. The first kappa shape index (κ1) is 14.9. The number of carbonyl (C=O) groups excluding carboxylic acids is 2. The molecule has 0 radical (unpaired) electrons. The van der Waals surface area contributed by atoms with Crippen molar-refractivity contribution in [3.8, 4) is 5.75 Å². The molecule has 0 unspecified atom stereocenters. The number of benzene rings is 2. The second kappa shape index (κ2) is 5.64. The Labute approximate surface area is 131 Å². The van der Waals surface area contributed by atoms with Gasteiger partial charge in [0, 0.05) is 6.07 Å². The van der Waals surface area contributed by atoms with Crippen molar-refractivity contribution in [2.45, 2.75) is 13.0 Å². The lowest BCUT2D eigenvalue weighted by molar-refractivity contribution is -0.385. The molecule has 0 aromatic heterocycles. The maximum atomic E-state index is 12.8. The van der Waals surface area contributed by atoms with E-state index in [1.165, 1.54) is 24.3 Å². The van der Waals surface area contributed by atoms with Crippen LogP contribution in [0.2, 0.25) is 0 Å². The van der Waals surface area contributed by atoms with Crippen molar-refractivity contribution in [2.24, 2.45) is 5.92 Å². The molecule has 0 saturated heterocycles. The van der Waals surface area contributed by atoms with E-state index in [4.69, 9.17) is 4.74 Å². The first-order chi connectivity index (χ1) is 11.0. The van der Waals surface area contributed by atoms with Crippen LogP contribution in [0.25, 0.3) is 0 Å². The Balaban J connectivity index is 2.04. The number of hydrogen-bond donors (Lipinski definition) is 0. The lowest BCUT2D eigenvalue weighted by Crippen LogP contribution is -2.41. The molecule has 2 atom stereocenters. The molecule has 0 aliphatic carbocycles. The van der Waals surface area contributed by atoms with Crippen molar-refractivity contribution < 1.29 is 19.2 Å². The molecule has 6 nitrogen and oxygen atoms in total. The quantitative estimate of drug-likeness (QED) is 0.376. The molecule has 0 spiro atoms. The van der Waals surface area contributed by atoms with Gasteiger partial charge in [-0.1, -0.05) is 24.3 Å². The molecule has 0 N–H and O–H groups in total. The third-order valence-electron chi connectivity index (χ3n) is 3.87. The summed E-state index contributed by atoms with van der Waals surface area (Å²) in [7, 11) is 0. The number of Topliss-reactive ketones (excluding diaryl/α,β-unsaturated/α-hetero) is 2. The Morgan fingerprint density at radius 1 is 1.13 bits per heavy atom. The molecular formula is C17H13NO5. The second-order valence-electron chi connectivity index (χ2n) is 5.30. The molecule has 116 valence electrons.